The second kappa shape index (κ2) is 7.35. The van der Waals surface area contributed by atoms with E-state index in [1.54, 1.807) is 6.07 Å². The standard InChI is InChI=1S/C17H21F3N6/c1-3-21-14-11-12(2)22-16(24-14)26-9-7-25(8-10-26)15-6-4-5-13(23-15)17(18,19)20/h4-6,11H,3,7-10H2,1-2H3,(H,21,22,24). The van der Waals surface area contributed by atoms with Crippen molar-refractivity contribution >= 4 is 17.6 Å². The number of piperazine rings is 1. The van der Waals surface area contributed by atoms with Gasteiger partial charge in [0.15, 0.2) is 0 Å². The molecule has 26 heavy (non-hydrogen) atoms. The van der Waals surface area contributed by atoms with Crippen LogP contribution in [0.15, 0.2) is 24.3 Å². The summed E-state index contributed by atoms with van der Waals surface area (Å²) in [7, 11) is 0. The Labute approximate surface area is 150 Å². The van der Waals surface area contributed by atoms with Gasteiger partial charge in [-0.3, -0.25) is 0 Å². The Balaban J connectivity index is 1.70. The average Bonchev–Trinajstić information content (AvgIpc) is 2.61. The summed E-state index contributed by atoms with van der Waals surface area (Å²) in [5.74, 6) is 1.76. The molecule has 1 aliphatic heterocycles. The molecule has 6 nitrogen and oxygen atoms in total. The Hall–Kier alpha value is -2.58. The molecule has 3 heterocycles. The number of hydrogen-bond donors (Lipinski definition) is 1. The molecule has 2 aromatic rings. The van der Waals surface area contributed by atoms with Gasteiger partial charge in [-0.15, -0.1) is 0 Å². The Morgan fingerprint density at radius 3 is 2.38 bits per heavy atom. The van der Waals surface area contributed by atoms with Gasteiger partial charge in [0.25, 0.3) is 0 Å². The third-order valence-corrected chi connectivity index (χ3v) is 4.11. The maximum Gasteiger partial charge on any atom is 0.433 e. The molecule has 0 atom stereocenters. The number of aryl methyl sites for hydroxylation is 1. The molecule has 1 saturated heterocycles. The molecule has 0 aromatic carbocycles. The Morgan fingerprint density at radius 2 is 1.73 bits per heavy atom. The molecule has 0 amide bonds. The summed E-state index contributed by atoms with van der Waals surface area (Å²) in [5.41, 5.74) is 0.00246. The average molecular weight is 366 g/mol. The molecule has 3 rings (SSSR count). The molecule has 0 bridgehead atoms. The Kier molecular flexibility index (Phi) is 5.15. The predicted octanol–water partition coefficient (Wildman–Crippen LogP) is 2.96. The van der Waals surface area contributed by atoms with Gasteiger partial charge < -0.3 is 15.1 Å². The van der Waals surface area contributed by atoms with E-state index in [1.807, 2.05) is 29.7 Å². The molecule has 0 spiro atoms. The van der Waals surface area contributed by atoms with Crippen molar-refractivity contribution in [3.05, 3.63) is 35.7 Å². The quantitative estimate of drug-likeness (QED) is 0.898. The molecular formula is C17H21F3N6. The second-order valence-electron chi connectivity index (χ2n) is 6.08. The van der Waals surface area contributed by atoms with Crippen LogP contribution in [0.3, 0.4) is 0 Å². The second-order valence-corrected chi connectivity index (χ2v) is 6.08. The highest BCUT2D eigenvalue weighted by atomic mass is 19.4. The fourth-order valence-electron chi connectivity index (χ4n) is 2.86. The summed E-state index contributed by atoms with van der Waals surface area (Å²) in [6, 6.07) is 5.87. The van der Waals surface area contributed by atoms with Crippen molar-refractivity contribution in [2.75, 3.05) is 47.8 Å². The highest BCUT2D eigenvalue weighted by molar-refractivity contribution is 5.46. The minimum Gasteiger partial charge on any atom is -0.370 e. The molecule has 1 N–H and O–H groups in total. The van der Waals surface area contributed by atoms with Crippen molar-refractivity contribution in [1.29, 1.82) is 0 Å². The monoisotopic (exact) mass is 366 g/mol. The number of rotatable bonds is 4. The van der Waals surface area contributed by atoms with E-state index in [0.29, 0.717) is 37.9 Å². The highest BCUT2D eigenvalue weighted by Crippen LogP contribution is 2.29. The highest BCUT2D eigenvalue weighted by Gasteiger charge is 2.33. The fraction of sp³-hybridized carbons (Fsp3) is 0.471. The summed E-state index contributed by atoms with van der Waals surface area (Å²) in [4.78, 5) is 16.6. The minimum atomic E-state index is -4.43. The lowest BCUT2D eigenvalue weighted by Crippen LogP contribution is -2.47. The van der Waals surface area contributed by atoms with E-state index in [1.165, 1.54) is 6.07 Å². The van der Waals surface area contributed by atoms with Crippen LogP contribution < -0.4 is 15.1 Å². The lowest BCUT2D eigenvalue weighted by molar-refractivity contribution is -0.141. The van der Waals surface area contributed by atoms with Gasteiger partial charge in [-0.25, -0.2) is 9.97 Å². The summed E-state index contributed by atoms with van der Waals surface area (Å²) < 4.78 is 38.5. The third-order valence-electron chi connectivity index (χ3n) is 4.11. The number of hydrogen-bond acceptors (Lipinski definition) is 6. The molecule has 0 saturated carbocycles. The first-order valence-electron chi connectivity index (χ1n) is 8.50. The van der Waals surface area contributed by atoms with Crippen LogP contribution in [0.5, 0.6) is 0 Å². The van der Waals surface area contributed by atoms with Gasteiger partial charge in [-0.05, 0) is 26.0 Å². The fourth-order valence-corrected chi connectivity index (χ4v) is 2.86. The first-order chi connectivity index (χ1) is 12.4. The number of nitrogens with one attached hydrogen (secondary N) is 1. The van der Waals surface area contributed by atoms with Crippen molar-refractivity contribution in [2.24, 2.45) is 0 Å². The molecule has 1 aliphatic rings. The summed E-state index contributed by atoms with van der Waals surface area (Å²) >= 11 is 0. The zero-order chi connectivity index (χ0) is 18.7. The summed E-state index contributed by atoms with van der Waals surface area (Å²) in [5, 5.41) is 3.18. The number of pyridine rings is 1. The van der Waals surface area contributed by atoms with Crippen LogP contribution in [0.2, 0.25) is 0 Å². The summed E-state index contributed by atoms with van der Waals surface area (Å²) in [6.45, 7) is 7.03. The van der Waals surface area contributed by atoms with Gasteiger partial charge in [-0.1, -0.05) is 6.07 Å². The largest absolute Gasteiger partial charge is 0.433 e. The van der Waals surface area contributed by atoms with Crippen molar-refractivity contribution in [3.63, 3.8) is 0 Å². The van der Waals surface area contributed by atoms with Gasteiger partial charge in [0.05, 0.1) is 0 Å². The lowest BCUT2D eigenvalue weighted by atomic mass is 10.3. The van der Waals surface area contributed by atoms with E-state index >= 15 is 0 Å². The van der Waals surface area contributed by atoms with Gasteiger partial charge >= 0.3 is 6.18 Å². The van der Waals surface area contributed by atoms with Crippen LogP contribution in [-0.4, -0.2) is 47.7 Å². The summed E-state index contributed by atoms with van der Waals surface area (Å²) in [6.07, 6.45) is -4.43. The molecule has 9 heteroatoms. The maximum atomic E-state index is 12.8. The Bertz CT molecular complexity index is 756. The molecule has 2 aromatic heterocycles. The van der Waals surface area contributed by atoms with Crippen LogP contribution in [0.1, 0.15) is 18.3 Å². The van der Waals surface area contributed by atoms with Crippen LogP contribution >= 0.6 is 0 Å². The first-order valence-corrected chi connectivity index (χ1v) is 8.50. The number of aromatic nitrogens is 3. The molecule has 1 fully saturated rings. The molecular weight excluding hydrogens is 345 g/mol. The SMILES string of the molecule is CCNc1cc(C)nc(N2CCN(c3cccc(C(F)(F)F)n3)CC2)n1. The molecule has 140 valence electrons. The van der Waals surface area contributed by atoms with Gasteiger partial charge in [0.2, 0.25) is 5.95 Å². The third kappa shape index (κ3) is 4.14. The zero-order valence-electron chi connectivity index (χ0n) is 14.7. The number of alkyl halides is 3. The maximum absolute atomic E-state index is 12.8. The number of halogens is 3. The van der Waals surface area contributed by atoms with Gasteiger partial charge in [-0.2, -0.15) is 18.2 Å². The van der Waals surface area contributed by atoms with Crippen LogP contribution in [0.25, 0.3) is 0 Å². The lowest BCUT2D eigenvalue weighted by Gasteiger charge is -2.35. The van der Waals surface area contributed by atoms with E-state index in [-0.39, 0.29) is 0 Å². The number of nitrogens with zero attached hydrogens (tertiary/aromatic N) is 5. The van der Waals surface area contributed by atoms with Crippen molar-refractivity contribution < 1.29 is 13.2 Å². The van der Waals surface area contributed by atoms with Crippen LogP contribution in [0, 0.1) is 6.92 Å². The van der Waals surface area contributed by atoms with E-state index in [0.717, 1.165) is 24.1 Å². The van der Waals surface area contributed by atoms with E-state index in [9.17, 15) is 13.2 Å². The molecule has 0 aliphatic carbocycles. The Morgan fingerprint density at radius 1 is 1.04 bits per heavy atom. The van der Waals surface area contributed by atoms with E-state index < -0.39 is 11.9 Å². The van der Waals surface area contributed by atoms with E-state index in [2.05, 4.69) is 20.3 Å². The van der Waals surface area contributed by atoms with Crippen molar-refractivity contribution in [3.8, 4) is 0 Å². The zero-order valence-corrected chi connectivity index (χ0v) is 14.7. The topological polar surface area (TPSA) is 57.2 Å². The molecule has 0 radical (unpaired) electrons. The van der Waals surface area contributed by atoms with Crippen LogP contribution in [0.4, 0.5) is 30.8 Å². The van der Waals surface area contributed by atoms with Gasteiger partial charge in [0.1, 0.15) is 17.3 Å². The van der Waals surface area contributed by atoms with E-state index in [4.69, 9.17) is 0 Å². The van der Waals surface area contributed by atoms with Crippen molar-refractivity contribution in [2.45, 2.75) is 20.0 Å². The van der Waals surface area contributed by atoms with Gasteiger partial charge in [0, 0.05) is 44.5 Å². The van der Waals surface area contributed by atoms with Crippen molar-refractivity contribution in [1.82, 2.24) is 15.0 Å². The predicted molar refractivity (Wildman–Crippen MR) is 94.6 cm³/mol. The van der Waals surface area contributed by atoms with Crippen LogP contribution in [-0.2, 0) is 6.18 Å². The smallest absolute Gasteiger partial charge is 0.370 e. The number of anilines is 3. The molecule has 0 unspecified atom stereocenters. The normalized spacial score (nSPS) is 15.3. The first kappa shape index (κ1) is 18.2. The minimum absolute atomic E-state index is 0.345.